The number of carbonyl (C=O) groups is 6. The van der Waals surface area contributed by atoms with Crippen LogP contribution in [0.2, 0.25) is 0 Å². The summed E-state index contributed by atoms with van der Waals surface area (Å²) >= 11 is 0. The van der Waals surface area contributed by atoms with Crippen LogP contribution in [0.3, 0.4) is 0 Å². The minimum Gasteiger partial charge on any atom is -0.497 e. The molecule has 0 saturated heterocycles. The number of rotatable bonds is 43. The molecule has 1 heterocycles. The first-order chi connectivity index (χ1) is 62.5. The van der Waals surface area contributed by atoms with Crippen molar-refractivity contribution in [1.29, 1.82) is 0 Å². The quantitative estimate of drug-likeness (QED) is 0.00868. The fourth-order valence-electron chi connectivity index (χ4n) is 11.7. The summed E-state index contributed by atoms with van der Waals surface area (Å²) in [6.07, 6.45) is 44.3. The van der Waals surface area contributed by atoms with Crippen LogP contribution in [0.5, 0.6) is 28.7 Å². The average molecular weight is 1820 g/mol. The Morgan fingerprint density at radius 2 is 0.561 bits per heavy atom. The number of methoxy groups -OCH3 is 3. The van der Waals surface area contributed by atoms with E-state index in [1.165, 1.54) is 36.5 Å². The molecule has 132 heavy (non-hydrogen) atoms. The van der Waals surface area contributed by atoms with Crippen molar-refractivity contribution >= 4 is 78.0 Å². The van der Waals surface area contributed by atoms with Gasteiger partial charge in [0.2, 0.25) is 0 Å². The molecular weight excluding hydrogens is 1660 g/mol. The van der Waals surface area contributed by atoms with Gasteiger partial charge in [-0.05, 0) is 248 Å². The number of unbranched alkanes of at least 4 members (excludes halogenated alkanes) is 5. The lowest BCUT2D eigenvalue weighted by Crippen LogP contribution is -2.15. The lowest BCUT2D eigenvalue weighted by molar-refractivity contribution is -0.139. The fraction of sp³-hybridized carbons (Fsp3) is 0.478. The zero-order valence-electron chi connectivity index (χ0n) is 83.5. The predicted molar refractivity (Wildman–Crippen MR) is 540 cm³/mol. The van der Waals surface area contributed by atoms with E-state index < -0.39 is 0 Å². The largest absolute Gasteiger partial charge is 0.497 e. The molecule has 6 aromatic rings. The van der Waals surface area contributed by atoms with Gasteiger partial charge in [-0.1, -0.05) is 258 Å². The molecule has 1 aliphatic rings. The van der Waals surface area contributed by atoms with Crippen molar-refractivity contribution in [2.45, 2.75) is 234 Å². The van der Waals surface area contributed by atoms with E-state index in [1.54, 1.807) is 82.1 Å². The first-order valence-electron chi connectivity index (χ1n) is 46.4. The molecule has 7 rings (SSSR count). The Kier molecular flexibility index (Phi) is 59.0. The van der Waals surface area contributed by atoms with E-state index in [2.05, 4.69) is 129 Å². The standard InChI is InChI=1S/C20H28O3.C19H26O4.C19H28O4.C19H26O2.C18H23NO2.C18H26O3/c1-20(2,3)15-7-8-16-23-19(21)10-6-5-9-17-11-13-18(22-4)14-12-17;1-19(2,3)10-4-5-11-23-18(20)9-7-15-6-8-16-17(14-15)22-13-12-21-16;1-19(2,3)12-5-13-22-14-15-23-18(20)11-8-16-6-9-17(21-4)10-7-16;1-19(2,3)15-9-10-16-21-18(20)14-8-7-13-17-11-5-4-6-12-17;1-18(2,3)13-5-6-14-21-17(20)12-9-15-7-10-16(19-4)11-8-15;1-18(2,3)13-5-6-14-21-17(19)12-9-15-7-10-16(20-4)11-8-15/h5-6,9-14H,7-8,15-16H2,1-4H3;6-9,14H,4-5,10-13H2,1-3H3;6-11H,5,12-15H2,1-4H3;4-8,11-14H,9-10,15-16H2,1-3H3;7-12H,5-6,13-14H2,1-3H3;7-12H,5-6,13-14H2,1-4H3/b9-5+,10-6+;9-7+;11-8+;13-7+,14-8+;2*12-9+. The molecule has 19 heteroatoms. The Morgan fingerprint density at radius 3 is 0.879 bits per heavy atom. The molecule has 0 bridgehead atoms. The number of nitrogens with zero attached hydrogens (tertiary/aromatic N) is 1. The molecule has 0 aliphatic carbocycles. The van der Waals surface area contributed by atoms with Crippen molar-refractivity contribution in [2.75, 3.05) is 87.4 Å². The first-order valence-corrected chi connectivity index (χ1v) is 46.4. The number of fused-ring (bicyclic) bond motifs is 1. The maximum atomic E-state index is 11.7. The number of carbonyl (C=O) groups excluding carboxylic acids is 6. The SMILES string of the molecule is CC(C)(C)CCCCOC(=O)/C=C/C=C/c1ccccc1.CC(C)(C)CCCCOC(=O)/C=C/c1ccc2c(c1)OCCO2.COc1ccc(/C=C/C(=O)OCCCCC(C)(C)C)cc1.COc1ccc(/C=C/C(=O)OCCOCCCC(C)(C)C)cc1.COc1ccc(/C=C/C=C/C(=O)OCCCCC(C)(C)C)cc1.[C-]#[N+]c1ccc(/C=C/C(=O)OCCCCC(C)(C)C)cc1. The van der Waals surface area contributed by atoms with Gasteiger partial charge in [-0.2, -0.15) is 0 Å². The van der Waals surface area contributed by atoms with Crippen molar-refractivity contribution in [3.8, 4) is 28.7 Å². The second-order valence-corrected chi connectivity index (χ2v) is 39.0. The van der Waals surface area contributed by atoms with Gasteiger partial charge >= 0.3 is 35.8 Å². The average Bonchev–Trinajstić information content (AvgIpc) is 0.842. The molecule has 19 nitrogen and oxygen atoms in total. The van der Waals surface area contributed by atoms with Crippen LogP contribution >= 0.6 is 0 Å². The Balaban J connectivity index is 0.000000536. The van der Waals surface area contributed by atoms with E-state index in [0.29, 0.717) is 103 Å². The minimum atomic E-state index is -0.362. The van der Waals surface area contributed by atoms with Gasteiger partial charge in [-0.15, -0.1) is 0 Å². The van der Waals surface area contributed by atoms with Crippen LogP contribution in [0.15, 0.2) is 206 Å². The molecule has 0 aromatic heterocycles. The van der Waals surface area contributed by atoms with Crippen LogP contribution in [-0.4, -0.2) is 123 Å². The van der Waals surface area contributed by atoms with E-state index in [1.807, 2.05) is 146 Å². The smallest absolute Gasteiger partial charge is 0.330 e. The number of esters is 6. The van der Waals surface area contributed by atoms with Crippen LogP contribution in [0.1, 0.15) is 267 Å². The van der Waals surface area contributed by atoms with Crippen LogP contribution < -0.4 is 23.7 Å². The van der Waals surface area contributed by atoms with Crippen molar-refractivity contribution in [1.82, 2.24) is 0 Å². The lowest BCUT2D eigenvalue weighted by atomic mass is 9.90. The number of hydrogen-bond donors (Lipinski definition) is 0. The zero-order valence-corrected chi connectivity index (χ0v) is 83.5. The Labute approximate surface area is 792 Å². The van der Waals surface area contributed by atoms with E-state index in [9.17, 15) is 28.8 Å². The molecule has 722 valence electrons. The van der Waals surface area contributed by atoms with Crippen LogP contribution in [-0.2, 0) is 61.9 Å². The molecule has 0 amide bonds. The first kappa shape index (κ1) is 117. The maximum absolute atomic E-state index is 11.7. The Hall–Kier alpha value is -11.5. The Morgan fingerprint density at radius 1 is 0.288 bits per heavy atom. The van der Waals surface area contributed by atoms with Crippen LogP contribution in [0.25, 0.3) is 41.3 Å². The summed E-state index contributed by atoms with van der Waals surface area (Å²) in [4.78, 5) is 72.7. The minimum absolute atomic E-state index is 0.275. The highest BCUT2D eigenvalue weighted by Crippen LogP contribution is 2.32. The highest BCUT2D eigenvalue weighted by atomic mass is 16.6. The highest BCUT2D eigenvalue weighted by Gasteiger charge is 2.16. The molecule has 0 saturated carbocycles. The molecule has 0 fully saturated rings. The monoisotopic (exact) mass is 1820 g/mol. The van der Waals surface area contributed by atoms with Crippen molar-refractivity contribution in [2.24, 2.45) is 32.5 Å². The number of benzene rings is 6. The fourth-order valence-corrected chi connectivity index (χ4v) is 11.7. The molecule has 0 N–H and O–H groups in total. The summed E-state index contributed by atoms with van der Waals surface area (Å²) in [5, 5.41) is 0. The van der Waals surface area contributed by atoms with Crippen molar-refractivity contribution < 1.29 is 85.6 Å². The van der Waals surface area contributed by atoms with E-state index in [0.717, 1.165) is 166 Å². The third-order valence-corrected chi connectivity index (χ3v) is 19.2. The van der Waals surface area contributed by atoms with Gasteiger partial charge in [0.1, 0.15) is 37.1 Å². The molecule has 0 spiro atoms. The zero-order chi connectivity index (χ0) is 98.0. The van der Waals surface area contributed by atoms with Crippen molar-refractivity contribution in [3.63, 3.8) is 0 Å². The van der Waals surface area contributed by atoms with Crippen LogP contribution in [0, 0.1) is 39.1 Å². The van der Waals surface area contributed by atoms with Gasteiger partial charge < -0.3 is 56.8 Å². The maximum Gasteiger partial charge on any atom is 0.330 e. The van der Waals surface area contributed by atoms with Gasteiger partial charge in [0, 0.05) is 43.1 Å². The number of allylic oxidation sites excluding steroid dienone is 4. The van der Waals surface area contributed by atoms with E-state index >= 15 is 0 Å². The number of hydrogen-bond acceptors (Lipinski definition) is 18. The van der Waals surface area contributed by atoms with E-state index in [-0.39, 0.29) is 42.4 Å². The molecule has 0 radical (unpaired) electrons. The second-order valence-electron chi connectivity index (χ2n) is 39.0. The summed E-state index contributed by atoms with van der Waals surface area (Å²) in [7, 11) is 4.89. The van der Waals surface area contributed by atoms with Crippen LogP contribution in [0.4, 0.5) is 5.69 Å². The topological polar surface area (TPSA) is 218 Å². The Bertz CT molecular complexity index is 4480. The summed E-state index contributed by atoms with van der Waals surface area (Å²) in [5.74, 6) is 2.03. The summed E-state index contributed by atoms with van der Waals surface area (Å²) in [5.41, 5.74) is 8.43. The summed E-state index contributed by atoms with van der Waals surface area (Å²) in [6, 6.07) is 45.3. The van der Waals surface area contributed by atoms with Gasteiger partial charge in [-0.3, -0.25) is 0 Å². The van der Waals surface area contributed by atoms with Gasteiger partial charge in [-0.25, -0.2) is 33.6 Å². The normalized spacial score (nSPS) is 12.2. The predicted octanol–water partition coefficient (Wildman–Crippen LogP) is 27.8. The lowest BCUT2D eigenvalue weighted by Gasteiger charge is -2.18. The molecule has 1 aliphatic heterocycles. The number of ether oxygens (including phenoxy) is 12. The third kappa shape index (κ3) is 68.5. The van der Waals surface area contributed by atoms with Gasteiger partial charge in [0.05, 0.1) is 67.5 Å². The highest BCUT2D eigenvalue weighted by molar-refractivity contribution is 5.89. The summed E-state index contributed by atoms with van der Waals surface area (Å²) in [6.45, 7) is 51.7. The summed E-state index contributed by atoms with van der Waals surface area (Å²) < 4.78 is 62.6. The molecule has 6 aromatic carbocycles. The third-order valence-electron chi connectivity index (χ3n) is 19.2. The second kappa shape index (κ2) is 66.8. The van der Waals surface area contributed by atoms with E-state index in [4.69, 9.17) is 63.4 Å². The molecule has 0 unspecified atom stereocenters. The van der Waals surface area contributed by atoms with Gasteiger partial charge in [0.25, 0.3) is 0 Å². The van der Waals surface area contributed by atoms with Gasteiger partial charge in [0.15, 0.2) is 17.2 Å². The van der Waals surface area contributed by atoms with Crippen molar-refractivity contribution in [3.05, 3.63) is 251 Å². The molecular formula is C113H157NO18. The molecule has 0 atom stereocenters.